The predicted octanol–water partition coefficient (Wildman–Crippen LogP) is 3.55. The second-order valence-electron chi connectivity index (χ2n) is 5.82. The summed E-state index contributed by atoms with van der Waals surface area (Å²) < 4.78 is 5.25. The van der Waals surface area contributed by atoms with Gasteiger partial charge in [0.25, 0.3) is 5.91 Å². The molecular weight excluding hydrogens is 294 g/mol. The number of amides is 1. The van der Waals surface area contributed by atoms with Crippen molar-refractivity contribution in [3.05, 3.63) is 33.2 Å². The highest BCUT2D eigenvalue weighted by Gasteiger charge is 2.35. The van der Waals surface area contributed by atoms with Crippen molar-refractivity contribution in [2.75, 3.05) is 7.11 Å². The lowest BCUT2D eigenvalue weighted by Gasteiger charge is -2.36. The van der Waals surface area contributed by atoms with Crippen molar-refractivity contribution in [2.45, 2.75) is 37.1 Å². The molecule has 0 unspecified atom stereocenters. The fourth-order valence-corrected chi connectivity index (χ4v) is 4.09. The van der Waals surface area contributed by atoms with Crippen molar-refractivity contribution in [3.63, 3.8) is 0 Å². The number of nitrogens with one attached hydrogen (secondary N) is 1. The topological polar surface area (TPSA) is 38.3 Å². The third-order valence-electron chi connectivity index (χ3n) is 3.59. The minimum absolute atomic E-state index is 0.0285. The molecule has 1 N–H and O–H groups in total. The average molecular weight is 310 g/mol. The summed E-state index contributed by atoms with van der Waals surface area (Å²) in [4.78, 5) is 14.1. The lowest BCUT2D eigenvalue weighted by molar-refractivity contribution is -0.118. The molecule has 0 bridgehead atoms. The van der Waals surface area contributed by atoms with Crippen LogP contribution in [0.1, 0.15) is 25.8 Å². The molecule has 0 atom stereocenters. The number of ether oxygens (including phenoxy) is 1. The molecule has 106 valence electrons. The minimum atomic E-state index is -0.176. The maximum Gasteiger partial charge on any atom is 0.258 e. The molecule has 1 aromatic carbocycles. The Morgan fingerprint density at radius 1 is 1.40 bits per heavy atom. The molecule has 2 heterocycles. The quantitative estimate of drug-likeness (QED) is 0.862. The van der Waals surface area contributed by atoms with E-state index in [4.69, 9.17) is 16.3 Å². The van der Waals surface area contributed by atoms with E-state index in [1.54, 1.807) is 7.11 Å². The summed E-state index contributed by atoms with van der Waals surface area (Å²) in [6.45, 7) is 4.10. The number of carbonyl (C=O) groups is 1. The summed E-state index contributed by atoms with van der Waals surface area (Å²) in [5.74, 6) is 0.680. The lowest BCUT2D eigenvalue weighted by atomic mass is 9.87. The van der Waals surface area contributed by atoms with Gasteiger partial charge in [-0.1, -0.05) is 23.4 Å². The summed E-state index contributed by atoms with van der Waals surface area (Å²) in [5, 5.41) is 3.67. The van der Waals surface area contributed by atoms with Crippen molar-refractivity contribution in [2.24, 2.45) is 0 Å². The van der Waals surface area contributed by atoms with Gasteiger partial charge in [0.05, 0.1) is 17.0 Å². The highest BCUT2D eigenvalue weighted by molar-refractivity contribution is 8.04. The summed E-state index contributed by atoms with van der Waals surface area (Å²) in [6, 6.07) is 3.87. The molecule has 0 aromatic heterocycles. The molecule has 0 fully saturated rings. The molecule has 2 aliphatic rings. The van der Waals surface area contributed by atoms with E-state index < -0.39 is 0 Å². The van der Waals surface area contributed by atoms with Crippen LogP contribution >= 0.6 is 23.4 Å². The van der Waals surface area contributed by atoms with Crippen molar-refractivity contribution in [1.82, 2.24) is 5.32 Å². The summed E-state index contributed by atoms with van der Waals surface area (Å²) in [6.07, 6.45) is 1.67. The maximum absolute atomic E-state index is 12.2. The summed E-state index contributed by atoms with van der Waals surface area (Å²) >= 11 is 7.71. The molecule has 3 nitrogen and oxygen atoms in total. The van der Waals surface area contributed by atoms with Crippen molar-refractivity contribution < 1.29 is 9.53 Å². The molecule has 3 rings (SSSR count). The first-order valence-electron chi connectivity index (χ1n) is 6.48. The Hall–Kier alpha value is -1.13. The lowest BCUT2D eigenvalue weighted by Crippen LogP contribution is -2.48. The van der Waals surface area contributed by atoms with E-state index in [1.807, 2.05) is 12.1 Å². The van der Waals surface area contributed by atoms with E-state index in [0.717, 1.165) is 22.6 Å². The third kappa shape index (κ3) is 2.31. The predicted molar refractivity (Wildman–Crippen MR) is 81.4 cm³/mol. The second-order valence-corrected chi connectivity index (χ2v) is 7.28. The number of carbonyl (C=O) groups excluding carboxylic acids is 1. The fourth-order valence-electron chi connectivity index (χ4n) is 2.75. The van der Waals surface area contributed by atoms with Gasteiger partial charge >= 0.3 is 0 Å². The molecule has 0 saturated heterocycles. The first-order chi connectivity index (χ1) is 9.39. The van der Waals surface area contributed by atoms with Crippen LogP contribution in [0.2, 0.25) is 5.02 Å². The minimum Gasteiger partial charge on any atom is -0.495 e. The Morgan fingerprint density at radius 2 is 2.15 bits per heavy atom. The van der Waals surface area contributed by atoms with Gasteiger partial charge in [-0.25, -0.2) is 0 Å². The number of benzene rings is 1. The van der Waals surface area contributed by atoms with Crippen molar-refractivity contribution in [1.29, 1.82) is 0 Å². The van der Waals surface area contributed by atoms with Crippen LogP contribution in [0.3, 0.4) is 0 Å². The zero-order valence-corrected chi connectivity index (χ0v) is 13.2. The van der Waals surface area contributed by atoms with E-state index in [-0.39, 0.29) is 11.4 Å². The van der Waals surface area contributed by atoms with E-state index in [0.29, 0.717) is 10.8 Å². The molecule has 0 radical (unpaired) electrons. The number of rotatable bonds is 1. The highest BCUT2D eigenvalue weighted by atomic mass is 35.5. The number of thioether (sulfide) groups is 1. The monoisotopic (exact) mass is 309 g/mol. The van der Waals surface area contributed by atoms with Gasteiger partial charge in [0, 0.05) is 10.4 Å². The largest absolute Gasteiger partial charge is 0.495 e. The molecule has 0 saturated carbocycles. The summed E-state index contributed by atoms with van der Waals surface area (Å²) in [5.41, 5.74) is 2.20. The van der Waals surface area contributed by atoms with E-state index >= 15 is 0 Å². The van der Waals surface area contributed by atoms with Crippen LogP contribution in [0.4, 0.5) is 0 Å². The van der Waals surface area contributed by atoms with Crippen molar-refractivity contribution >= 4 is 29.3 Å². The van der Waals surface area contributed by atoms with Crippen molar-refractivity contribution in [3.8, 4) is 5.75 Å². The molecular formula is C15H16ClNO2S. The van der Waals surface area contributed by atoms with Crippen LogP contribution in [0.5, 0.6) is 5.75 Å². The van der Waals surface area contributed by atoms with Crippen LogP contribution in [-0.4, -0.2) is 18.6 Å². The van der Waals surface area contributed by atoms with E-state index in [1.165, 1.54) is 22.9 Å². The van der Waals surface area contributed by atoms with Gasteiger partial charge in [-0.05, 0) is 50.0 Å². The van der Waals surface area contributed by atoms with Crippen LogP contribution in [0.25, 0.3) is 0 Å². The summed E-state index contributed by atoms with van der Waals surface area (Å²) in [7, 11) is 1.60. The number of hydrogen-bond acceptors (Lipinski definition) is 3. The molecule has 20 heavy (non-hydrogen) atoms. The Kier molecular flexibility index (Phi) is 3.26. The van der Waals surface area contributed by atoms with Crippen LogP contribution < -0.4 is 10.1 Å². The SMILES string of the molecule is COc1cc2c(cc1Cl)CC1=C(S2)C(=O)NC(C)(C)C1. The second kappa shape index (κ2) is 4.71. The first kappa shape index (κ1) is 13.8. The van der Waals surface area contributed by atoms with Crippen LogP contribution in [-0.2, 0) is 11.2 Å². The zero-order chi connectivity index (χ0) is 14.5. The van der Waals surface area contributed by atoms with Crippen LogP contribution in [0, 0.1) is 0 Å². The molecule has 1 aromatic rings. The molecule has 1 amide bonds. The third-order valence-corrected chi connectivity index (χ3v) is 5.16. The van der Waals surface area contributed by atoms with Gasteiger partial charge in [-0.3, -0.25) is 4.79 Å². The van der Waals surface area contributed by atoms with Gasteiger partial charge in [-0.2, -0.15) is 0 Å². The smallest absolute Gasteiger partial charge is 0.258 e. The standard InChI is InChI=1S/C15H16ClNO2S/c1-15(2)7-9-4-8-5-10(16)11(19-3)6-12(8)20-13(9)14(18)17-15/h5-6H,4,7H2,1-3H3,(H,17,18). The maximum atomic E-state index is 12.2. The van der Waals surface area contributed by atoms with E-state index in [9.17, 15) is 4.79 Å². The molecule has 0 spiro atoms. The fraction of sp³-hybridized carbons (Fsp3) is 0.400. The van der Waals surface area contributed by atoms with E-state index in [2.05, 4.69) is 19.2 Å². The van der Waals surface area contributed by atoms with Gasteiger partial charge in [-0.15, -0.1) is 0 Å². The molecule has 0 aliphatic carbocycles. The van der Waals surface area contributed by atoms with Gasteiger partial charge in [0.1, 0.15) is 5.75 Å². The van der Waals surface area contributed by atoms with Crippen LogP contribution in [0.15, 0.2) is 27.5 Å². The number of fused-ring (bicyclic) bond motifs is 1. The number of methoxy groups -OCH3 is 1. The average Bonchev–Trinajstić information content (AvgIpc) is 2.35. The normalized spacial score (nSPS) is 20.1. The Bertz CT molecular complexity index is 637. The molecule has 5 heteroatoms. The number of halogens is 1. The Balaban J connectivity index is 2.02. The molecule has 2 aliphatic heterocycles. The van der Waals surface area contributed by atoms with Gasteiger partial charge in [0.2, 0.25) is 0 Å². The Morgan fingerprint density at radius 3 is 2.85 bits per heavy atom. The Labute approximate surface area is 127 Å². The van der Waals surface area contributed by atoms with Gasteiger partial charge < -0.3 is 10.1 Å². The zero-order valence-electron chi connectivity index (χ0n) is 11.7. The first-order valence-corrected chi connectivity index (χ1v) is 7.68. The highest BCUT2D eigenvalue weighted by Crippen LogP contribution is 2.45. The van der Waals surface area contributed by atoms with Gasteiger partial charge in [0.15, 0.2) is 0 Å². The number of hydrogen-bond donors (Lipinski definition) is 1.